The summed E-state index contributed by atoms with van der Waals surface area (Å²) in [6.45, 7) is 11.7. The number of likely N-dealkylation sites (tertiary alicyclic amines) is 1. The van der Waals surface area contributed by atoms with Crippen LogP contribution in [0.15, 0.2) is 17.6 Å². The predicted octanol–water partition coefficient (Wildman–Crippen LogP) is 2.42. The molecule has 20 heavy (non-hydrogen) atoms. The average Bonchev–Trinajstić information content (AvgIpc) is 2.88. The molecular weight excluding hydrogens is 363 g/mol. The number of nitrogens with one attached hydrogen (secondary N) is 1. The van der Waals surface area contributed by atoms with Gasteiger partial charge in [0.05, 0.1) is 0 Å². The maximum atomic E-state index is 4.36. The highest BCUT2D eigenvalue weighted by atomic mass is 127. The van der Waals surface area contributed by atoms with Gasteiger partial charge in [-0.15, -0.1) is 30.6 Å². The minimum atomic E-state index is 0. The van der Waals surface area contributed by atoms with Gasteiger partial charge in [0.2, 0.25) is 0 Å². The number of guanidine groups is 1. The van der Waals surface area contributed by atoms with Gasteiger partial charge in [0.25, 0.3) is 0 Å². The van der Waals surface area contributed by atoms with E-state index in [1.165, 1.54) is 26.1 Å². The highest BCUT2D eigenvalue weighted by molar-refractivity contribution is 14.0. The van der Waals surface area contributed by atoms with Crippen LogP contribution < -0.4 is 5.32 Å². The Kier molecular flexibility index (Phi) is 11.2. The lowest BCUT2D eigenvalue weighted by molar-refractivity contribution is 0.340. The van der Waals surface area contributed by atoms with Gasteiger partial charge in [-0.05, 0) is 38.3 Å². The van der Waals surface area contributed by atoms with E-state index < -0.39 is 0 Å². The highest BCUT2D eigenvalue weighted by Crippen LogP contribution is 2.14. The molecule has 118 valence electrons. The number of halogens is 1. The van der Waals surface area contributed by atoms with Gasteiger partial charge in [0.15, 0.2) is 5.96 Å². The number of rotatable bonds is 7. The summed E-state index contributed by atoms with van der Waals surface area (Å²) < 4.78 is 0. The molecular formula is C15H31IN4. The summed E-state index contributed by atoms with van der Waals surface area (Å²) in [5, 5.41) is 3.51. The van der Waals surface area contributed by atoms with E-state index in [1.807, 2.05) is 13.1 Å². The van der Waals surface area contributed by atoms with Gasteiger partial charge in [0.1, 0.15) is 0 Å². The quantitative estimate of drug-likeness (QED) is 0.237. The number of hydrogen-bond donors (Lipinski definition) is 1. The second-order valence-electron chi connectivity index (χ2n) is 5.33. The summed E-state index contributed by atoms with van der Waals surface area (Å²) >= 11 is 0. The molecule has 0 aromatic rings. The van der Waals surface area contributed by atoms with Crippen LogP contribution in [0.5, 0.6) is 0 Å². The van der Waals surface area contributed by atoms with Gasteiger partial charge >= 0.3 is 0 Å². The van der Waals surface area contributed by atoms with Crippen molar-refractivity contribution in [1.29, 1.82) is 0 Å². The number of aliphatic imine (C=N–C) groups is 1. The second kappa shape index (κ2) is 11.4. The summed E-state index contributed by atoms with van der Waals surface area (Å²) in [5.74, 6) is 1.78. The summed E-state index contributed by atoms with van der Waals surface area (Å²) in [6, 6.07) is 0. The number of hydrogen-bond acceptors (Lipinski definition) is 2. The fourth-order valence-corrected chi connectivity index (χ4v) is 2.57. The van der Waals surface area contributed by atoms with E-state index in [9.17, 15) is 0 Å². The van der Waals surface area contributed by atoms with Crippen molar-refractivity contribution in [1.82, 2.24) is 15.1 Å². The molecule has 1 N–H and O–H groups in total. The first kappa shape index (κ1) is 19.7. The summed E-state index contributed by atoms with van der Waals surface area (Å²) in [6.07, 6.45) is 5.48. The number of allylic oxidation sites excluding steroid dienone is 1. The molecule has 1 aliphatic heterocycles. The Morgan fingerprint density at radius 1 is 1.55 bits per heavy atom. The van der Waals surface area contributed by atoms with Crippen molar-refractivity contribution in [3.05, 3.63) is 12.7 Å². The Bertz CT molecular complexity index is 294. The first-order chi connectivity index (χ1) is 9.21. The van der Waals surface area contributed by atoms with Gasteiger partial charge in [-0.25, -0.2) is 0 Å². The van der Waals surface area contributed by atoms with Crippen molar-refractivity contribution in [3.63, 3.8) is 0 Å². The summed E-state index contributed by atoms with van der Waals surface area (Å²) in [5.41, 5.74) is 0. The largest absolute Gasteiger partial charge is 0.356 e. The summed E-state index contributed by atoms with van der Waals surface area (Å²) in [7, 11) is 3.96. The molecule has 1 atom stereocenters. The maximum absolute atomic E-state index is 4.36. The fourth-order valence-electron chi connectivity index (χ4n) is 2.57. The lowest BCUT2D eigenvalue weighted by atomic mass is 10.1. The van der Waals surface area contributed by atoms with Crippen LogP contribution in [0, 0.1) is 5.92 Å². The second-order valence-corrected chi connectivity index (χ2v) is 5.33. The maximum Gasteiger partial charge on any atom is 0.193 e. The third kappa shape index (κ3) is 6.92. The van der Waals surface area contributed by atoms with Crippen molar-refractivity contribution in [3.8, 4) is 0 Å². The van der Waals surface area contributed by atoms with Crippen molar-refractivity contribution < 1.29 is 0 Å². The van der Waals surface area contributed by atoms with Gasteiger partial charge in [-0.3, -0.25) is 4.99 Å². The minimum absolute atomic E-state index is 0. The predicted molar refractivity (Wildman–Crippen MR) is 99.1 cm³/mol. The van der Waals surface area contributed by atoms with Crippen LogP contribution >= 0.6 is 24.0 Å². The molecule has 1 aliphatic rings. The zero-order chi connectivity index (χ0) is 14.1. The van der Waals surface area contributed by atoms with Gasteiger partial charge in [-0.1, -0.05) is 13.0 Å². The molecule has 1 saturated heterocycles. The number of nitrogens with zero attached hydrogens (tertiary/aromatic N) is 3. The van der Waals surface area contributed by atoms with Crippen LogP contribution in [0.3, 0.4) is 0 Å². The standard InChI is InChI=1S/C15H30N4.HI/c1-5-7-8-10-18(4)15(16-3)17-12-14-9-11-19(6-2)13-14;/h5,14H,1,6-13H2,2-4H3,(H,16,17);1H. The first-order valence-electron chi connectivity index (χ1n) is 7.46. The summed E-state index contributed by atoms with van der Waals surface area (Å²) in [4.78, 5) is 9.08. The van der Waals surface area contributed by atoms with Crippen molar-refractivity contribution in [2.75, 3.05) is 46.8 Å². The fraction of sp³-hybridized carbons (Fsp3) is 0.800. The van der Waals surface area contributed by atoms with Crippen LogP contribution in [0.2, 0.25) is 0 Å². The van der Waals surface area contributed by atoms with Gasteiger partial charge in [-0.2, -0.15) is 0 Å². The van der Waals surface area contributed by atoms with E-state index >= 15 is 0 Å². The molecule has 4 nitrogen and oxygen atoms in total. The van der Waals surface area contributed by atoms with Gasteiger partial charge < -0.3 is 15.1 Å². The molecule has 0 aromatic carbocycles. The van der Waals surface area contributed by atoms with Crippen LogP contribution in [0.4, 0.5) is 0 Å². The Morgan fingerprint density at radius 2 is 2.30 bits per heavy atom. The molecule has 0 bridgehead atoms. The third-order valence-electron chi connectivity index (χ3n) is 3.84. The molecule has 0 spiro atoms. The first-order valence-corrected chi connectivity index (χ1v) is 7.46. The molecule has 0 amide bonds. The van der Waals surface area contributed by atoms with Crippen LogP contribution in [0.1, 0.15) is 26.2 Å². The smallest absolute Gasteiger partial charge is 0.193 e. The lowest BCUT2D eigenvalue weighted by Gasteiger charge is -2.23. The third-order valence-corrected chi connectivity index (χ3v) is 3.84. The molecule has 0 saturated carbocycles. The van der Waals surface area contributed by atoms with E-state index in [0.29, 0.717) is 0 Å². The topological polar surface area (TPSA) is 30.9 Å². The SMILES string of the molecule is C=CCCCN(C)C(=NC)NCC1CCN(CC)C1.I. The Hall–Kier alpha value is -0.300. The van der Waals surface area contributed by atoms with Crippen molar-refractivity contribution >= 4 is 29.9 Å². The molecule has 0 aliphatic carbocycles. The molecule has 1 heterocycles. The minimum Gasteiger partial charge on any atom is -0.356 e. The molecule has 0 aromatic heterocycles. The molecule has 0 radical (unpaired) electrons. The zero-order valence-corrected chi connectivity index (χ0v) is 15.6. The van der Waals surface area contributed by atoms with Crippen LogP contribution in [0.25, 0.3) is 0 Å². The van der Waals surface area contributed by atoms with Crippen molar-refractivity contribution in [2.24, 2.45) is 10.9 Å². The lowest BCUT2D eigenvalue weighted by Crippen LogP contribution is -2.41. The Morgan fingerprint density at radius 3 is 2.85 bits per heavy atom. The van der Waals surface area contributed by atoms with E-state index in [4.69, 9.17) is 0 Å². The highest BCUT2D eigenvalue weighted by Gasteiger charge is 2.21. The van der Waals surface area contributed by atoms with E-state index in [2.05, 4.69) is 40.7 Å². The normalized spacial score (nSPS) is 19.6. The monoisotopic (exact) mass is 394 g/mol. The molecule has 1 rings (SSSR count). The van der Waals surface area contributed by atoms with E-state index in [0.717, 1.165) is 37.8 Å². The Labute approximate surface area is 141 Å². The Balaban J connectivity index is 0.00000361. The zero-order valence-electron chi connectivity index (χ0n) is 13.3. The van der Waals surface area contributed by atoms with Crippen molar-refractivity contribution in [2.45, 2.75) is 26.2 Å². The molecule has 1 fully saturated rings. The van der Waals surface area contributed by atoms with Crippen LogP contribution in [-0.2, 0) is 0 Å². The van der Waals surface area contributed by atoms with Gasteiger partial charge in [0, 0.05) is 33.7 Å². The van der Waals surface area contributed by atoms with E-state index in [1.54, 1.807) is 0 Å². The molecule has 5 heteroatoms. The molecule has 1 unspecified atom stereocenters. The average molecular weight is 394 g/mol. The van der Waals surface area contributed by atoms with Crippen LogP contribution in [-0.4, -0.2) is 62.6 Å². The van der Waals surface area contributed by atoms with E-state index in [-0.39, 0.29) is 24.0 Å². The number of unbranched alkanes of at least 4 members (excludes halogenated alkanes) is 1.